The highest BCUT2D eigenvalue weighted by atomic mass is 35.5. The first kappa shape index (κ1) is 10.5. The fourth-order valence-corrected chi connectivity index (χ4v) is 0.954. The van der Waals surface area contributed by atoms with Crippen LogP contribution in [0.1, 0.15) is 11.1 Å². The maximum Gasteiger partial charge on any atom is 0.145 e. The average Bonchev–Trinajstić information content (AvgIpc) is 2.14. The lowest BCUT2D eigenvalue weighted by Gasteiger charge is -1.96. The summed E-state index contributed by atoms with van der Waals surface area (Å²) in [5.41, 5.74) is -0.430. The predicted molar refractivity (Wildman–Crippen MR) is 48.7 cm³/mol. The summed E-state index contributed by atoms with van der Waals surface area (Å²) >= 11 is 5.28. The van der Waals surface area contributed by atoms with Gasteiger partial charge in [-0.2, -0.15) is 5.26 Å². The van der Waals surface area contributed by atoms with Crippen molar-refractivity contribution in [3.8, 4) is 17.9 Å². The molecule has 0 heterocycles. The van der Waals surface area contributed by atoms with E-state index >= 15 is 0 Å². The van der Waals surface area contributed by atoms with Gasteiger partial charge in [0.1, 0.15) is 23.3 Å². The summed E-state index contributed by atoms with van der Waals surface area (Å²) in [6.45, 7) is 0. The van der Waals surface area contributed by atoms with E-state index in [-0.39, 0.29) is 11.4 Å². The Labute approximate surface area is 84.9 Å². The molecule has 0 aliphatic carbocycles. The van der Waals surface area contributed by atoms with Crippen LogP contribution in [0.3, 0.4) is 0 Å². The van der Waals surface area contributed by atoms with Gasteiger partial charge in [0.05, 0.1) is 5.88 Å². The van der Waals surface area contributed by atoms with Gasteiger partial charge in [-0.05, 0) is 12.1 Å². The van der Waals surface area contributed by atoms with Gasteiger partial charge in [0.2, 0.25) is 0 Å². The number of hydrogen-bond acceptors (Lipinski definition) is 1. The highest BCUT2D eigenvalue weighted by Gasteiger charge is 2.09. The van der Waals surface area contributed by atoms with Crippen molar-refractivity contribution in [3.63, 3.8) is 0 Å². The largest absolute Gasteiger partial charge is 0.205 e. The van der Waals surface area contributed by atoms with E-state index in [4.69, 9.17) is 16.9 Å². The van der Waals surface area contributed by atoms with Crippen molar-refractivity contribution in [2.75, 3.05) is 5.88 Å². The van der Waals surface area contributed by atoms with Crippen LogP contribution < -0.4 is 0 Å². The molecule has 0 aliphatic rings. The SMILES string of the molecule is N#Cc1c(F)cc(C#CCCl)cc1F. The quantitative estimate of drug-likeness (QED) is 0.478. The first-order valence-corrected chi connectivity index (χ1v) is 4.16. The Kier molecular flexibility index (Phi) is 3.45. The Morgan fingerprint density at radius 2 is 1.86 bits per heavy atom. The van der Waals surface area contributed by atoms with Gasteiger partial charge < -0.3 is 0 Å². The summed E-state index contributed by atoms with van der Waals surface area (Å²) in [6, 6.07) is 3.42. The van der Waals surface area contributed by atoms with Crippen LogP contribution >= 0.6 is 11.6 Å². The maximum atomic E-state index is 13.0. The van der Waals surface area contributed by atoms with Gasteiger partial charge in [0, 0.05) is 5.56 Å². The van der Waals surface area contributed by atoms with Crippen molar-refractivity contribution < 1.29 is 8.78 Å². The second-order valence-corrected chi connectivity index (χ2v) is 2.63. The molecule has 0 aromatic heterocycles. The van der Waals surface area contributed by atoms with E-state index in [9.17, 15) is 8.78 Å². The molecule has 70 valence electrons. The van der Waals surface area contributed by atoms with Gasteiger partial charge in [0.25, 0.3) is 0 Å². The van der Waals surface area contributed by atoms with E-state index in [1.54, 1.807) is 0 Å². The number of alkyl halides is 1. The van der Waals surface area contributed by atoms with Crippen LogP contribution in [0.5, 0.6) is 0 Å². The zero-order chi connectivity index (χ0) is 10.6. The lowest BCUT2D eigenvalue weighted by Crippen LogP contribution is -1.91. The van der Waals surface area contributed by atoms with Crippen LogP contribution in [0.15, 0.2) is 12.1 Å². The second kappa shape index (κ2) is 4.60. The van der Waals surface area contributed by atoms with Gasteiger partial charge in [-0.3, -0.25) is 0 Å². The molecule has 0 amide bonds. The molecule has 0 atom stereocenters. The molecule has 14 heavy (non-hydrogen) atoms. The van der Waals surface area contributed by atoms with Gasteiger partial charge in [-0.1, -0.05) is 11.8 Å². The molecule has 1 rings (SSSR count). The summed E-state index contributed by atoms with van der Waals surface area (Å²) in [6.07, 6.45) is 0. The molecule has 4 heteroatoms. The molecule has 0 saturated heterocycles. The summed E-state index contributed by atoms with van der Waals surface area (Å²) in [5.74, 6) is 3.18. The van der Waals surface area contributed by atoms with Crippen molar-refractivity contribution in [2.45, 2.75) is 0 Å². The number of benzene rings is 1. The second-order valence-electron chi connectivity index (χ2n) is 2.36. The molecule has 0 radical (unpaired) electrons. The highest BCUT2D eigenvalue weighted by Crippen LogP contribution is 2.13. The van der Waals surface area contributed by atoms with Crippen LogP contribution in [-0.4, -0.2) is 5.88 Å². The van der Waals surface area contributed by atoms with Crippen LogP contribution in [0, 0.1) is 34.8 Å². The number of halogens is 3. The van der Waals surface area contributed by atoms with Crippen molar-refractivity contribution in [3.05, 3.63) is 34.9 Å². The van der Waals surface area contributed by atoms with Crippen LogP contribution in [0.25, 0.3) is 0 Å². The third kappa shape index (κ3) is 2.22. The minimum atomic E-state index is -0.911. The van der Waals surface area contributed by atoms with Gasteiger partial charge in [-0.15, -0.1) is 11.6 Å². The molecule has 0 aliphatic heterocycles. The number of nitrogens with zero attached hydrogens (tertiary/aromatic N) is 1. The molecule has 0 spiro atoms. The van der Waals surface area contributed by atoms with Crippen molar-refractivity contribution >= 4 is 11.6 Å². The minimum Gasteiger partial charge on any atom is -0.205 e. The van der Waals surface area contributed by atoms with Crippen molar-refractivity contribution in [1.82, 2.24) is 0 Å². The molecular weight excluding hydrogens is 208 g/mol. The Hall–Kier alpha value is -1.58. The summed E-state index contributed by atoms with van der Waals surface area (Å²) in [7, 11) is 0. The minimum absolute atomic E-state index is 0.0865. The number of nitriles is 1. The molecule has 1 nitrogen and oxygen atoms in total. The standard InChI is InChI=1S/C10H4ClF2N/c11-3-1-2-7-4-9(12)8(6-14)10(13)5-7/h4-5H,3H2. The summed E-state index contributed by atoms with van der Waals surface area (Å²) < 4.78 is 26.0. The monoisotopic (exact) mass is 211 g/mol. The highest BCUT2D eigenvalue weighted by molar-refractivity contribution is 6.19. The molecule has 1 aromatic rings. The molecule has 0 fully saturated rings. The fraction of sp³-hybridized carbons (Fsp3) is 0.100. The topological polar surface area (TPSA) is 23.8 Å². The Morgan fingerprint density at radius 1 is 1.29 bits per heavy atom. The van der Waals surface area contributed by atoms with E-state index < -0.39 is 17.2 Å². The summed E-state index contributed by atoms with van der Waals surface area (Å²) in [4.78, 5) is 0. The maximum absolute atomic E-state index is 13.0. The molecule has 0 bridgehead atoms. The van der Waals surface area contributed by atoms with E-state index in [1.165, 1.54) is 6.07 Å². The smallest absolute Gasteiger partial charge is 0.145 e. The predicted octanol–water partition coefficient (Wildman–Crippen LogP) is 2.43. The van der Waals surface area contributed by atoms with Crippen LogP contribution in [0.4, 0.5) is 8.78 Å². The first-order valence-electron chi connectivity index (χ1n) is 3.63. The zero-order valence-electron chi connectivity index (χ0n) is 6.94. The zero-order valence-corrected chi connectivity index (χ0v) is 7.70. The average molecular weight is 212 g/mol. The normalized spacial score (nSPS) is 8.71. The van der Waals surface area contributed by atoms with Crippen molar-refractivity contribution in [2.24, 2.45) is 0 Å². The number of rotatable bonds is 0. The van der Waals surface area contributed by atoms with Gasteiger partial charge >= 0.3 is 0 Å². The molecule has 0 unspecified atom stereocenters. The van der Waals surface area contributed by atoms with E-state index in [1.807, 2.05) is 0 Å². The van der Waals surface area contributed by atoms with Gasteiger partial charge in [-0.25, -0.2) is 8.78 Å². The Morgan fingerprint density at radius 3 is 2.29 bits per heavy atom. The first-order chi connectivity index (χ1) is 6.69. The van der Waals surface area contributed by atoms with E-state index in [0.29, 0.717) is 0 Å². The molecular formula is C10H4ClF2N. The molecule has 1 aromatic carbocycles. The Balaban J connectivity index is 3.22. The molecule has 0 saturated carbocycles. The van der Waals surface area contributed by atoms with Crippen LogP contribution in [-0.2, 0) is 0 Å². The lowest BCUT2D eigenvalue weighted by molar-refractivity contribution is 0.576. The van der Waals surface area contributed by atoms with Crippen LogP contribution in [0.2, 0.25) is 0 Å². The van der Waals surface area contributed by atoms with Gasteiger partial charge in [0.15, 0.2) is 0 Å². The van der Waals surface area contributed by atoms with E-state index in [2.05, 4.69) is 11.8 Å². The third-order valence-electron chi connectivity index (χ3n) is 1.45. The lowest BCUT2D eigenvalue weighted by atomic mass is 10.1. The molecule has 0 N–H and O–H groups in total. The van der Waals surface area contributed by atoms with Crippen molar-refractivity contribution in [1.29, 1.82) is 5.26 Å². The third-order valence-corrected chi connectivity index (χ3v) is 1.59. The van der Waals surface area contributed by atoms with E-state index in [0.717, 1.165) is 12.1 Å². The fourth-order valence-electron chi connectivity index (χ4n) is 0.888. The summed E-state index contributed by atoms with van der Waals surface area (Å²) in [5, 5.41) is 8.38. The Bertz CT molecular complexity index is 428. The number of hydrogen-bond donors (Lipinski definition) is 0.